The topological polar surface area (TPSA) is 49.2 Å². The quantitative estimate of drug-likeness (QED) is 0.526. The Labute approximate surface area is 127 Å². The first kappa shape index (κ1) is 15.8. The largest absolute Gasteiger partial charge is 0.494 e. The highest BCUT2D eigenvalue weighted by atomic mass is 32.2. The van der Waals surface area contributed by atoms with E-state index in [1.165, 1.54) is 12.1 Å². The molecular formula is C14H18FN3O2S. The number of aromatic nitrogens is 3. The number of rotatable bonds is 9. The molecule has 5 nitrogen and oxygen atoms in total. The maximum atomic E-state index is 12.7. The van der Waals surface area contributed by atoms with Crippen molar-refractivity contribution in [3.8, 4) is 5.75 Å². The van der Waals surface area contributed by atoms with Crippen LogP contribution in [0.4, 0.5) is 4.39 Å². The standard InChI is InChI=1S/C14H18FN3O2S/c1-19-9-7-18-11-16-17-14(18)21-10-2-8-20-13-5-3-12(15)4-6-13/h3-6,11H,2,7-10H2,1H3. The van der Waals surface area contributed by atoms with Gasteiger partial charge >= 0.3 is 0 Å². The molecule has 7 heteroatoms. The molecule has 0 unspecified atom stereocenters. The van der Waals surface area contributed by atoms with Crippen LogP contribution in [0, 0.1) is 5.82 Å². The van der Waals surface area contributed by atoms with E-state index in [4.69, 9.17) is 9.47 Å². The van der Waals surface area contributed by atoms with Crippen LogP contribution in [0.25, 0.3) is 0 Å². The summed E-state index contributed by atoms with van der Waals surface area (Å²) in [6, 6.07) is 6.04. The lowest BCUT2D eigenvalue weighted by molar-refractivity contribution is 0.184. The van der Waals surface area contributed by atoms with Gasteiger partial charge in [-0.05, 0) is 30.7 Å². The van der Waals surface area contributed by atoms with Crippen molar-refractivity contribution in [1.82, 2.24) is 14.8 Å². The van der Waals surface area contributed by atoms with Gasteiger partial charge in [-0.25, -0.2) is 4.39 Å². The number of thioether (sulfide) groups is 1. The molecule has 2 aromatic rings. The van der Waals surface area contributed by atoms with Gasteiger partial charge < -0.3 is 14.0 Å². The molecule has 0 aliphatic rings. The fourth-order valence-electron chi connectivity index (χ4n) is 1.64. The first-order chi connectivity index (χ1) is 10.3. The lowest BCUT2D eigenvalue weighted by atomic mass is 10.3. The number of hydrogen-bond donors (Lipinski definition) is 0. The smallest absolute Gasteiger partial charge is 0.191 e. The summed E-state index contributed by atoms with van der Waals surface area (Å²) in [6.07, 6.45) is 2.58. The lowest BCUT2D eigenvalue weighted by Gasteiger charge is -2.07. The van der Waals surface area contributed by atoms with Gasteiger partial charge in [0.15, 0.2) is 5.16 Å². The second-order valence-corrected chi connectivity index (χ2v) is 5.37. The minimum atomic E-state index is -0.256. The Morgan fingerprint density at radius 2 is 2.05 bits per heavy atom. The van der Waals surface area contributed by atoms with Crippen LogP contribution < -0.4 is 4.74 Å². The third kappa shape index (κ3) is 5.35. The molecule has 0 aliphatic carbocycles. The Morgan fingerprint density at radius 3 is 2.81 bits per heavy atom. The summed E-state index contributed by atoms with van der Waals surface area (Å²) < 4.78 is 25.3. The van der Waals surface area contributed by atoms with Gasteiger partial charge in [0.2, 0.25) is 0 Å². The summed E-state index contributed by atoms with van der Waals surface area (Å²) in [7, 11) is 1.67. The molecule has 0 spiro atoms. The molecule has 0 saturated heterocycles. The number of ether oxygens (including phenoxy) is 2. The molecule has 0 amide bonds. The van der Waals surface area contributed by atoms with Gasteiger partial charge in [0, 0.05) is 19.4 Å². The highest BCUT2D eigenvalue weighted by Crippen LogP contribution is 2.16. The average molecular weight is 311 g/mol. The summed E-state index contributed by atoms with van der Waals surface area (Å²) in [5.74, 6) is 1.31. The SMILES string of the molecule is COCCn1cnnc1SCCCOc1ccc(F)cc1. The van der Waals surface area contributed by atoms with Crippen LogP contribution in [0.5, 0.6) is 5.75 Å². The fourth-order valence-corrected chi connectivity index (χ4v) is 2.50. The molecule has 2 rings (SSSR count). The van der Waals surface area contributed by atoms with Crippen molar-refractivity contribution >= 4 is 11.8 Å². The van der Waals surface area contributed by atoms with Crippen LogP contribution in [0.2, 0.25) is 0 Å². The van der Waals surface area contributed by atoms with Crippen LogP contribution >= 0.6 is 11.8 Å². The monoisotopic (exact) mass is 311 g/mol. The summed E-state index contributed by atoms with van der Waals surface area (Å²) in [6.45, 7) is 1.97. The second kappa shape index (κ2) is 8.63. The molecule has 1 aromatic carbocycles. The molecule has 0 fully saturated rings. The van der Waals surface area contributed by atoms with Crippen molar-refractivity contribution in [1.29, 1.82) is 0 Å². The van der Waals surface area contributed by atoms with E-state index in [9.17, 15) is 4.39 Å². The van der Waals surface area contributed by atoms with E-state index < -0.39 is 0 Å². The Kier molecular flexibility index (Phi) is 6.49. The number of nitrogens with zero attached hydrogens (tertiary/aromatic N) is 3. The molecule has 21 heavy (non-hydrogen) atoms. The Hall–Kier alpha value is -1.60. The molecule has 0 atom stereocenters. The van der Waals surface area contributed by atoms with Crippen molar-refractivity contribution in [3.05, 3.63) is 36.4 Å². The van der Waals surface area contributed by atoms with Gasteiger partial charge in [-0.2, -0.15) is 0 Å². The molecule has 1 heterocycles. The number of hydrogen-bond acceptors (Lipinski definition) is 5. The zero-order chi connectivity index (χ0) is 14.9. The number of benzene rings is 1. The van der Waals surface area contributed by atoms with E-state index in [1.54, 1.807) is 37.3 Å². The van der Waals surface area contributed by atoms with Gasteiger partial charge in [-0.1, -0.05) is 11.8 Å². The van der Waals surface area contributed by atoms with Crippen LogP contribution in [-0.4, -0.2) is 40.8 Å². The summed E-state index contributed by atoms with van der Waals surface area (Å²) >= 11 is 1.64. The zero-order valence-electron chi connectivity index (χ0n) is 11.9. The van der Waals surface area contributed by atoms with Crippen LogP contribution in [0.15, 0.2) is 35.7 Å². The van der Waals surface area contributed by atoms with Crippen LogP contribution in [0.1, 0.15) is 6.42 Å². The first-order valence-corrected chi connectivity index (χ1v) is 7.66. The minimum Gasteiger partial charge on any atom is -0.494 e. The Balaban J connectivity index is 1.65. The first-order valence-electron chi connectivity index (χ1n) is 6.67. The highest BCUT2D eigenvalue weighted by Gasteiger charge is 2.04. The maximum absolute atomic E-state index is 12.7. The fraction of sp³-hybridized carbons (Fsp3) is 0.429. The molecule has 0 saturated carbocycles. The van der Waals surface area contributed by atoms with Crippen LogP contribution in [0.3, 0.4) is 0 Å². The van der Waals surface area contributed by atoms with Crippen molar-refractivity contribution in [2.45, 2.75) is 18.1 Å². The van der Waals surface area contributed by atoms with E-state index >= 15 is 0 Å². The van der Waals surface area contributed by atoms with E-state index in [0.717, 1.165) is 23.9 Å². The van der Waals surface area contributed by atoms with Gasteiger partial charge in [0.25, 0.3) is 0 Å². The molecule has 0 aliphatic heterocycles. The maximum Gasteiger partial charge on any atom is 0.191 e. The molecule has 114 valence electrons. The van der Waals surface area contributed by atoms with E-state index in [0.29, 0.717) is 19.0 Å². The Bertz CT molecular complexity index is 533. The Morgan fingerprint density at radius 1 is 1.24 bits per heavy atom. The van der Waals surface area contributed by atoms with Gasteiger partial charge in [0.05, 0.1) is 13.2 Å². The number of methoxy groups -OCH3 is 1. The third-order valence-corrected chi connectivity index (χ3v) is 3.79. The van der Waals surface area contributed by atoms with Gasteiger partial charge in [0.1, 0.15) is 17.9 Å². The summed E-state index contributed by atoms with van der Waals surface area (Å²) in [5.41, 5.74) is 0. The highest BCUT2D eigenvalue weighted by molar-refractivity contribution is 7.99. The molecule has 0 radical (unpaired) electrons. The van der Waals surface area contributed by atoms with Crippen molar-refractivity contribution in [2.75, 3.05) is 26.1 Å². The number of halogens is 1. The van der Waals surface area contributed by atoms with Crippen molar-refractivity contribution < 1.29 is 13.9 Å². The van der Waals surface area contributed by atoms with Crippen molar-refractivity contribution in [3.63, 3.8) is 0 Å². The van der Waals surface area contributed by atoms with Gasteiger partial charge in [-0.15, -0.1) is 10.2 Å². The second-order valence-electron chi connectivity index (χ2n) is 4.30. The average Bonchev–Trinajstić information content (AvgIpc) is 2.94. The summed E-state index contributed by atoms with van der Waals surface area (Å²) in [4.78, 5) is 0. The molecular weight excluding hydrogens is 293 g/mol. The van der Waals surface area contributed by atoms with E-state index in [-0.39, 0.29) is 5.82 Å². The van der Waals surface area contributed by atoms with E-state index in [1.807, 2.05) is 4.57 Å². The minimum absolute atomic E-state index is 0.256. The molecule has 1 aromatic heterocycles. The third-order valence-electron chi connectivity index (χ3n) is 2.72. The van der Waals surface area contributed by atoms with E-state index in [2.05, 4.69) is 10.2 Å². The molecule has 0 bridgehead atoms. The zero-order valence-corrected chi connectivity index (χ0v) is 12.7. The van der Waals surface area contributed by atoms with Gasteiger partial charge in [-0.3, -0.25) is 0 Å². The predicted octanol–water partition coefficient (Wildman–Crippen LogP) is 2.62. The molecule has 0 N–H and O–H groups in total. The van der Waals surface area contributed by atoms with Crippen molar-refractivity contribution in [2.24, 2.45) is 0 Å². The summed E-state index contributed by atoms with van der Waals surface area (Å²) in [5, 5.41) is 8.86. The lowest BCUT2D eigenvalue weighted by Crippen LogP contribution is -2.05. The predicted molar refractivity (Wildman–Crippen MR) is 79.1 cm³/mol. The normalized spacial score (nSPS) is 10.8. The van der Waals surface area contributed by atoms with Crippen LogP contribution in [-0.2, 0) is 11.3 Å².